The van der Waals surface area contributed by atoms with Crippen LogP contribution in [0.5, 0.6) is 0 Å². The number of alkyl halides is 1. The van der Waals surface area contributed by atoms with E-state index in [9.17, 15) is 26.7 Å². The number of halogens is 3. The molecule has 4 rings (SSSR count). The third-order valence-corrected chi connectivity index (χ3v) is 7.01. The first-order chi connectivity index (χ1) is 13.1. The van der Waals surface area contributed by atoms with Gasteiger partial charge >= 0.3 is 0 Å². The van der Waals surface area contributed by atoms with Crippen LogP contribution in [0.25, 0.3) is 21.8 Å². The summed E-state index contributed by atoms with van der Waals surface area (Å²) in [7, 11) is -4.08. The second-order valence-electron chi connectivity index (χ2n) is 7.48. The molecule has 0 amide bonds. The number of aromatic nitrogens is 1. The molecule has 1 fully saturated rings. The molecule has 9 heteroatoms. The molecule has 5 nitrogen and oxygen atoms in total. The third kappa shape index (κ3) is 3.17. The molecule has 1 aliphatic rings. The van der Waals surface area contributed by atoms with E-state index in [1.807, 2.05) is 0 Å². The zero-order valence-corrected chi connectivity index (χ0v) is 15.9. The minimum absolute atomic E-state index is 0.00322. The minimum atomic E-state index is -4.08. The number of hydrogen-bond acceptors (Lipinski definition) is 3. The van der Waals surface area contributed by atoms with Gasteiger partial charge in [0.1, 0.15) is 11.6 Å². The Bertz CT molecular complexity index is 1110. The molecule has 0 bridgehead atoms. The van der Waals surface area contributed by atoms with E-state index in [1.165, 1.54) is 43.3 Å². The number of benzene rings is 2. The van der Waals surface area contributed by atoms with Gasteiger partial charge in [0.15, 0.2) is 0 Å². The van der Waals surface area contributed by atoms with Gasteiger partial charge < -0.3 is 9.67 Å². The number of rotatable bonds is 4. The fourth-order valence-corrected chi connectivity index (χ4v) is 5.39. The summed E-state index contributed by atoms with van der Waals surface area (Å²) in [4.78, 5) is 0. The van der Waals surface area contributed by atoms with Crippen LogP contribution >= 0.6 is 0 Å². The molecule has 28 heavy (non-hydrogen) atoms. The van der Waals surface area contributed by atoms with E-state index in [0.717, 1.165) is 4.31 Å². The van der Waals surface area contributed by atoms with Gasteiger partial charge in [-0.3, -0.25) is 0 Å². The normalized spacial score (nSPS) is 22.1. The van der Waals surface area contributed by atoms with Crippen molar-refractivity contribution in [2.24, 2.45) is 0 Å². The highest BCUT2D eigenvalue weighted by atomic mass is 32.2. The van der Waals surface area contributed by atoms with Gasteiger partial charge in [-0.25, -0.2) is 21.6 Å². The molecule has 2 atom stereocenters. The summed E-state index contributed by atoms with van der Waals surface area (Å²) in [5.41, 5.74) is -2.33. The summed E-state index contributed by atoms with van der Waals surface area (Å²) in [5, 5.41) is 11.9. The van der Waals surface area contributed by atoms with Crippen LogP contribution in [0.2, 0.25) is 0 Å². The Balaban J connectivity index is 1.76. The topological polar surface area (TPSA) is 62.5 Å². The maximum absolute atomic E-state index is 13.7. The summed E-state index contributed by atoms with van der Waals surface area (Å²) in [5.74, 6) is -0.945. The average Bonchev–Trinajstić information content (AvgIpc) is 3.03. The number of hydrogen-bond donors (Lipinski definition) is 1. The lowest BCUT2D eigenvalue weighted by Crippen LogP contribution is -2.44. The lowest BCUT2D eigenvalue weighted by molar-refractivity contribution is 0.0276. The van der Waals surface area contributed by atoms with Gasteiger partial charge in [-0.2, -0.15) is 4.31 Å². The van der Waals surface area contributed by atoms with Gasteiger partial charge in [0.05, 0.1) is 12.1 Å². The Morgan fingerprint density at radius 1 is 1.07 bits per heavy atom. The number of sulfonamides is 1. The molecule has 1 saturated heterocycles. The predicted molar refractivity (Wildman–Crippen MR) is 100.0 cm³/mol. The molecule has 0 saturated carbocycles. The Labute approximate surface area is 160 Å². The van der Waals surface area contributed by atoms with Crippen molar-refractivity contribution in [1.29, 1.82) is 0 Å². The van der Waals surface area contributed by atoms with Crippen LogP contribution in [-0.2, 0) is 16.6 Å². The third-order valence-electron chi connectivity index (χ3n) is 5.09. The fourth-order valence-electron chi connectivity index (χ4n) is 3.84. The first-order valence-corrected chi connectivity index (χ1v) is 10.3. The quantitative estimate of drug-likeness (QED) is 0.716. The largest absolute Gasteiger partial charge is 0.387 e. The lowest BCUT2D eigenvalue weighted by Gasteiger charge is -2.29. The number of fused-ring (bicyclic) bond motifs is 3. The Hall–Kier alpha value is -2.10. The summed E-state index contributed by atoms with van der Waals surface area (Å²) in [6.07, 6.45) is -0.133. The van der Waals surface area contributed by atoms with Crippen LogP contribution in [-0.4, -0.2) is 46.6 Å². The minimum Gasteiger partial charge on any atom is -0.387 e. The molecule has 3 aromatic rings. The van der Waals surface area contributed by atoms with Crippen molar-refractivity contribution in [2.75, 3.05) is 13.1 Å². The van der Waals surface area contributed by atoms with Gasteiger partial charge in [0.2, 0.25) is 15.5 Å². The summed E-state index contributed by atoms with van der Waals surface area (Å²) in [6, 6.07) is 8.18. The van der Waals surface area contributed by atoms with E-state index in [2.05, 4.69) is 0 Å². The van der Waals surface area contributed by atoms with Gasteiger partial charge in [-0.1, -0.05) is 0 Å². The summed E-state index contributed by atoms with van der Waals surface area (Å²) in [6.45, 7) is 1.15. The highest BCUT2D eigenvalue weighted by Crippen LogP contribution is 2.32. The van der Waals surface area contributed by atoms with Crippen molar-refractivity contribution in [2.45, 2.75) is 31.0 Å². The average molecular weight is 412 g/mol. The van der Waals surface area contributed by atoms with E-state index in [4.69, 9.17) is 0 Å². The Morgan fingerprint density at radius 3 is 2.07 bits per heavy atom. The zero-order valence-electron chi connectivity index (χ0n) is 15.1. The zero-order chi connectivity index (χ0) is 20.3. The van der Waals surface area contributed by atoms with Crippen molar-refractivity contribution >= 4 is 31.8 Å². The fraction of sp³-hybridized carbons (Fsp3) is 0.368. The van der Waals surface area contributed by atoms with Crippen LogP contribution in [0.1, 0.15) is 13.3 Å². The molecule has 2 heterocycles. The van der Waals surface area contributed by atoms with E-state index < -0.39 is 32.8 Å². The van der Waals surface area contributed by atoms with Crippen molar-refractivity contribution < 1.29 is 26.7 Å². The van der Waals surface area contributed by atoms with Gasteiger partial charge in [-0.05, 0) is 43.3 Å². The molecule has 1 aliphatic heterocycles. The number of aliphatic hydroxyl groups is 1. The second kappa shape index (κ2) is 6.47. The highest BCUT2D eigenvalue weighted by Gasteiger charge is 2.42. The molecule has 2 aromatic carbocycles. The summed E-state index contributed by atoms with van der Waals surface area (Å²) < 4.78 is 67.8. The second-order valence-corrected chi connectivity index (χ2v) is 9.54. The first-order valence-electron chi connectivity index (χ1n) is 8.81. The molecule has 0 aliphatic carbocycles. The molecule has 0 radical (unpaired) electrons. The smallest absolute Gasteiger partial charge is 0.246 e. The number of β-amino-alcohol motifs (C(OH)–C–C–N with tert-alkyl or cyclic N) is 1. The molecule has 150 valence electrons. The van der Waals surface area contributed by atoms with Crippen molar-refractivity contribution in [1.82, 2.24) is 8.87 Å². The van der Waals surface area contributed by atoms with E-state index in [1.54, 1.807) is 4.57 Å². The summed E-state index contributed by atoms with van der Waals surface area (Å²) >= 11 is 0. The lowest BCUT2D eigenvalue weighted by atomic mass is 10.1. The van der Waals surface area contributed by atoms with E-state index >= 15 is 0 Å². The highest BCUT2D eigenvalue weighted by molar-refractivity contribution is 7.89. The molecule has 0 spiro atoms. The molecule has 2 unspecified atom stereocenters. The maximum atomic E-state index is 13.7. The van der Waals surface area contributed by atoms with E-state index in [0.29, 0.717) is 21.8 Å². The Kier molecular flexibility index (Phi) is 4.44. The monoisotopic (exact) mass is 412 g/mol. The van der Waals surface area contributed by atoms with Gasteiger partial charge in [-0.15, -0.1) is 0 Å². The van der Waals surface area contributed by atoms with Crippen LogP contribution in [0, 0.1) is 11.6 Å². The first kappa shape index (κ1) is 19.2. The number of nitrogens with zero attached hydrogens (tertiary/aromatic N) is 2. The molecular formula is C19H19F3N2O3S. The predicted octanol–water partition coefficient (Wildman–Crippen LogP) is 3.15. The molecule has 1 aromatic heterocycles. The SMILES string of the molecule is CC(O)(CN1CCC(F)S1(=O)=O)Cn1c2ccc(F)cc2c2cc(F)ccc21. The molecular weight excluding hydrogens is 393 g/mol. The van der Waals surface area contributed by atoms with Gasteiger partial charge in [0.25, 0.3) is 0 Å². The Morgan fingerprint density at radius 2 is 1.61 bits per heavy atom. The van der Waals surface area contributed by atoms with Crippen molar-refractivity contribution in [3.63, 3.8) is 0 Å². The standard InChI is InChI=1S/C19H19F3N2O3S/c1-19(25,10-23-7-6-18(22)28(23,26)27)11-24-16-4-2-12(20)8-14(16)15-9-13(21)3-5-17(15)24/h2-5,8-9,18,25H,6-7,10-11H2,1H3. The maximum Gasteiger partial charge on any atom is 0.246 e. The van der Waals surface area contributed by atoms with Crippen LogP contribution in [0.4, 0.5) is 13.2 Å². The van der Waals surface area contributed by atoms with Crippen LogP contribution < -0.4 is 0 Å². The van der Waals surface area contributed by atoms with Crippen molar-refractivity contribution in [3.8, 4) is 0 Å². The van der Waals surface area contributed by atoms with E-state index in [-0.39, 0.29) is 26.1 Å². The molecule has 1 N–H and O–H groups in total. The van der Waals surface area contributed by atoms with Crippen molar-refractivity contribution in [3.05, 3.63) is 48.0 Å². The van der Waals surface area contributed by atoms with Gasteiger partial charge in [0, 0.05) is 41.3 Å². The van der Waals surface area contributed by atoms with Crippen LogP contribution in [0.3, 0.4) is 0 Å². The van der Waals surface area contributed by atoms with Crippen LogP contribution in [0.15, 0.2) is 36.4 Å².